The zero-order valence-electron chi connectivity index (χ0n) is 75.3. The van der Waals surface area contributed by atoms with Crippen LogP contribution in [0.4, 0.5) is 22.7 Å². The van der Waals surface area contributed by atoms with Crippen molar-refractivity contribution >= 4 is 102 Å². The van der Waals surface area contributed by atoms with Crippen LogP contribution in [0.15, 0.2) is 275 Å². The summed E-state index contributed by atoms with van der Waals surface area (Å²) in [6.07, 6.45) is 64.5. The van der Waals surface area contributed by atoms with Gasteiger partial charge in [-0.1, -0.05) is 192 Å². The summed E-state index contributed by atoms with van der Waals surface area (Å²) >= 11 is 0. The number of aryl methyl sites for hydroxylation is 2. The molecule has 23 nitrogen and oxygen atoms in total. The van der Waals surface area contributed by atoms with E-state index in [0.29, 0.717) is 56.8 Å². The molecule has 7 aliphatic heterocycles. The number of rotatable bonds is 34. The second kappa shape index (κ2) is 42.6. The predicted molar refractivity (Wildman–Crippen MR) is 503 cm³/mol. The Morgan fingerprint density at radius 3 is 1.29 bits per heavy atom. The highest BCUT2D eigenvalue weighted by Crippen LogP contribution is 2.51. The molecule has 4 aromatic rings. The van der Waals surface area contributed by atoms with E-state index in [9.17, 15) is 64.3 Å². The van der Waals surface area contributed by atoms with Crippen molar-refractivity contribution in [3.05, 3.63) is 299 Å². The van der Waals surface area contributed by atoms with Gasteiger partial charge in [-0.15, -0.1) is 5.06 Å². The van der Waals surface area contributed by atoms with Crippen molar-refractivity contribution in [1.29, 1.82) is 0 Å². The third-order valence-electron chi connectivity index (χ3n) is 24.4. The minimum Gasteiger partial charge on any atom is -0.354 e. The molecule has 7 amide bonds. The first kappa shape index (κ1) is 96.5. The summed E-state index contributed by atoms with van der Waals surface area (Å²) in [5.74, 6) is -2.88. The molecule has 13 rings (SSSR count). The van der Waals surface area contributed by atoms with E-state index >= 15 is 0 Å². The smallest absolute Gasteiger partial charge is 0.333 e. The highest BCUT2D eigenvalue weighted by atomic mass is 32.2. The molecule has 1 saturated heterocycles. The molecule has 672 valence electrons. The van der Waals surface area contributed by atoms with E-state index in [1.54, 1.807) is 24.3 Å². The van der Waals surface area contributed by atoms with Crippen molar-refractivity contribution in [1.82, 2.24) is 20.2 Å². The van der Waals surface area contributed by atoms with Crippen molar-refractivity contribution in [3.63, 3.8) is 0 Å². The molecule has 3 N–H and O–H groups in total. The van der Waals surface area contributed by atoms with E-state index in [-0.39, 0.29) is 82.5 Å². The molecule has 0 radical (unpaired) electrons. The molecule has 0 aromatic heterocycles. The number of carbonyl (C=O) groups excluding carboxylic acids is 8. The van der Waals surface area contributed by atoms with E-state index in [2.05, 4.69) is 213 Å². The molecule has 9 aliphatic rings. The minimum absolute atomic E-state index is 0.0474. The van der Waals surface area contributed by atoms with Crippen molar-refractivity contribution < 1.29 is 78.3 Å². The lowest BCUT2D eigenvalue weighted by Crippen LogP contribution is -2.38. The van der Waals surface area contributed by atoms with Gasteiger partial charge in [-0.3, -0.25) is 52.5 Å². The molecule has 1 fully saturated rings. The lowest BCUT2D eigenvalue weighted by molar-refractivity contribution is -0.438. The normalized spacial score (nSPS) is 19.7. The predicted octanol–water partition coefficient (Wildman–Crippen LogP) is 17.7. The van der Waals surface area contributed by atoms with Gasteiger partial charge >= 0.3 is 5.97 Å². The number of allylic oxidation sites excluding steroid dienone is 28. The fraction of sp³-hybridized carbons (Fsp3) is 0.359. The van der Waals surface area contributed by atoms with Crippen LogP contribution in [0.3, 0.4) is 0 Å². The summed E-state index contributed by atoms with van der Waals surface area (Å²) in [5, 5.41) is 3.37. The molecule has 7 heterocycles. The molecule has 25 heteroatoms. The average molecular weight is 1770 g/mol. The van der Waals surface area contributed by atoms with Gasteiger partial charge in [-0.2, -0.15) is 26.0 Å². The molecule has 128 heavy (non-hydrogen) atoms. The number of benzene rings is 4. The Labute approximate surface area is 754 Å². The monoisotopic (exact) mass is 1770 g/mol. The van der Waals surface area contributed by atoms with Gasteiger partial charge in [-0.05, 0) is 170 Å². The number of hydrogen-bond acceptors (Lipinski definition) is 15. The number of carbonyl (C=O) groups is 8. The maximum Gasteiger partial charge on any atom is 0.333 e. The number of hydroxylamine groups is 2. The van der Waals surface area contributed by atoms with E-state index in [1.165, 1.54) is 97.5 Å². The van der Waals surface area contributed by atoms with E-state index in [4.69, 9.17) is 4.84 Å². The van der Waals surface area contributed by atoms with Crippen molar-refractivity contribution in [2.24, 2.45) is 0 Å². The molecular weight excluding hydrogens is 1650 g/mol. The van der Waals surface area contributed by atoms with Crippen molar-refractivity contribution in [2.45, 2.75) is 204 Å². The quantitative estimate of drug-likeness (QED) is 0.0129. The second-order valence-electron chi connectivity index (χ2n) is 35.1. The van der Waals surface area contributed by atoms with E-state index in [1.807, 2.05) is 69.4 Å². The van der Waals surface area contributed by atoms with E-state index < -0.39 is 48.8 Å². The first-order chi connectivity index (χ1) is 60.9. The number of fused-ring (bicyclic) bond motifs is 4. The highest BCUT2D eigenvalue weighted by Gasteiger charge is 2.48. The summed E-state index contributed by atoms with van der Waals surface area (Å²) < 4.78 is 72.7. The van der Waals surface area contributed by atoms with Gasteiger partial charge in [0.05, 0.1) is 20.6 Å². The maximum absolute atomic E-state index is 12.5. The fourth-order valence-corrected chi connectivity index (χ4v) is 18.5. The van der Waals surface area contributed by atoms with Crippen molar-refractivity contribution in [2.75, 3.05) is 55.6 Å². The summed E-state index contributed by atoms with van der Waals surface area (Å²) in [6.45, 7) is 27.4. The van der Waals surface area contributed by atoms with Crippen LogP contribution in [-0.2, 0) is 85.1 Å². The summed E-state index contributed by atoms with van der Waals surface area (Å²) in [5.41, 5.74) is 16.4. The summed E-state index contributed by atoms with van der Waals surface area (Å²) in [4.78, 5) is 106. The zero-order valence-corrected chi connectivity index (χ0v) is 76.9. The van der Waals surface area contributed by atoms with Crippen molar-refractivity contribution in [3.8, 4) is 0 Å². The number of amides is 7. The topological polar surface area (TPSA) is 289 Å². The number of imide groups is 3. The molecular formula is C103H120N8O15S2+2. The first-order valence-corrected chi connectivity index (χ1v) is 47.0. The second-order valence-corrected chi connectivity index (χ2v) is 37.9. The Morgan fingerprint density at radius 2 is 0.859 bits per heavy atom. The molecule has 0 atom stereocenters. The van der Waals surface area contributed by atoms with Gasteiger partial charge in [-0.25, -0.2) is 4.79 Å². The Bertz CT molecular complexity index is 5810. The van der Waals surface area contributed by atoms with Crippen LogP contribution in [0, 0.1) is 13.8 Å². The van der Waals surface area contributed by atoms with Gasteiger partial charge in [0, 0.05) is 165 Å². The first-order valence-electron chi connectivity index (χ1n) is 44.2. The fourth-order valence-electron chi connectivity index (χ4n) is 17.5. The standard InChI is InChI=1S/C49H56N4O6S.C47H53N3O7S.C7H9NO2/c1-36-24-26-41-39(34-36)48(2,3)43(52(41)32-17-20-37-18-11-7-6-8-12-19-37)21-13-9-14-22-44-49(4,5)40-35-38(60(57,58)59)25-27-42(40)51(44)31-16-10-15-23-45(54)50-30-33-53-46(55)28-29-47(53)56;1-34-24-26-39-37(32-34)46(2,3)41(49(39)31-17-20-35-18-11-7-6-8-12-19-35)21-13-9-14-22-42-47(4,5)38-33-36(58(54,55)56)25-27-40(38)48(42)30-16-10-15-23-45(53)57-50-43(51)28-29-44(50)52;1-2-5-8-6(9)3-4-7(8)10/h6-9,11-14,18-19,21-22,24-29,34-35H,10,15-17,20,23,30-33H2,1-5H3,(H-,50,54,57,58,59);6-9,11-14,18-19,21-22,24-27,32-33H,10,15-17,20,23,28-31H2,1-5H3;3-4H,2,5H2,1H3/p+2/b7-6-,8-6?,11-7?,12-8-,18-11?,19-12?,37-18?,37-19?;7-6-,8-6?,11-7?,12-8-,18-11?,19-12?,35-18?,35-19?;. The van der Waals surface area contributed by atoms with Crippen LogP contribution in [0.1, 0.15) is 192 Å². The van der Waals surface area contributed by atoms with Crippen LogP contribution < -0.4 is 15.1 Å². The Hall–Kier alpha value is -12.2. The van der Waals surface area contributed by atoms with Gasteiger partial charge in [0.1, 0.15) is 13.1 Å². The van der Waals surface area contributed by atoms with Crippen LogP contribution in [0.2, 0.25) is 0 Å². The summed E-state index contributed by atoms with van der Waals surface area (Å²) in [7, 11) is -8.81. The molecule has 0 spiro atoms. The number of nitrogens with one attached hydrogen (secondary N) is 1. The molecule has 4 aromatic carbocycles. The third-order valence-corrected chi connectivity index (χ3v) is 26.1. The SMILES string of the molecule is CCCN1C(=O)C=CC1=O.Cc1ccc2c(c1)C(C)(C)C(=CC=CC=CC1=[N+](CCCCCC(=O)NCCN3C(=O)C=CC3=O)c3ccc(S(=O)(=O)O)cc3C1(C)C)N2CCCC1=C/C=C\C=C/C=C1.Cc1ccc2c(c1)C(C)(C)C(=CC=CC=CC1=[N+](CCCCCC(=O)ON3C(=O)CCC3=O)c3ccc(S(=O)(=O)O)cc3C1(C)C)N2CCCC1=C/C=C\C=C/C=C1. The van der Waals surface area contributed by atoms with Crippen LogP contribution >= 0.6 is 0 Å². The summed E-state index contributed by atoms with van der Waals surface area (Å²) in [6, 6.07) is 22.9. The lowest BCUT2D eigenvalue weighted by Gasteiger charge is -2.27. The molecule has 0 saturated carbocycles. The van der Waals surface area contributed by atoms with E-state index in [0.717, 1.165) is 96.9 Å². The van der Waals surface area contributed by atoms with Crippen LogP contribution in [-0.4, -0.2) is 155 Å². The van der Waals surface area contributed by atoms with Crippen LogP contribution in [0.5, 0.6) is 0 Å². The number of unbranched alkanes of at least 4 members (excludes halogenated alkanes) is 4. The zero-order chi connectivity index (χ0) is 92.3. The molecule has 0 unspecified atom stereocenters. The Balaban J connectivity index is 0.000000223. The van der Waals surface area contributed by atoms with Gasteiger partial charge in [0.25, 0.3) is 55.7 Å². The Kier molecular flexibility index (Phi) is 32.1. The maximum atomic E-state index is 12.5. The molecule has 2 aliphatic carbocycles. The number of anilines is 2. The third kappa shape index (κ3) is 23.6. The number of hydrogen-bond donors (Lipinski definition) is 3. The molecule has 0 bridgehead atoms. The average Bonchev–Trinajstić information content (AvgIpc) is 1.60. The van der Waals surface area contributed by atoms with Gasteiger partial charge < -0.3 is 20.0 Å². The largest absolute Gasteiger partial charge is 0.354 e. The van der Waals surface area contributed by atoms with Gasteiger partial charge in [0.2, 0.25) is 17.3 Å². The highest BCUT2D eigenvalue weighted by molar-refractivity contribution is 7.86. The van der Waals surface area contributed by atoms with Crippen LogP contribution in [0.25, 0.3) is 0 Å². The Morgan fingerprint density at radius 1 is 0.445 bits per heavy atom. The lowest BCUT2D eigenvalue weighted by atomic mass is 9.81. The number of nitrogens with zero attached hydrogens (tertiary/aromatic N) is 7. The minimum atomic E-state index is -4.41. The van der Waals surface area contributed by atoms with Gasteiger partial charge in [0.15, 0.2) is 11.4 Å².